The van der Waals surface area contributed by atoms with Crippen LogP contribution >= 0.6 is 0 Å². The Balaban J connectivity index is 1.32. The van der Waals surface area contributed by atoms with E-state index in [2.05, 4.69) is 39.8 Å². The number of amides is 1. The van der Waals surface area contributed by atoms with Gasteiger partial charge in [-0.2, -0.15) is 0 Å². The van der Waals surface area contributed by atoms with Crippen LogP contribution in [-0.4, -0.2) is 32.2 Å². The number of nitrogens with one attached hydrogen (secondary N) is 2. The predicted octanol–water partition coefficient (Wildman–Crippen LogP) is 4.10. The van der Waals surface area contributed by atoms with E-state index in [9.17, 15) is 4.79 Å². The molecule has 2 heterocycles. The number of carbonyl (C=O) groups is 1. The first kappa shape index (κ1) is 20.2. The minimum Gasteiger partial charge on any atom is -0.399 e. The molecule has 6 heteroatoms. The number of nitrogens with two attached hydrogens (primary N) is 1. The van der Waals surface area contributed by atoms with Crippen LogP contribution in [0.4, 0.5) is 22.7 Å². The van der Waals surface area contributed by atoms with E-state index in [4.69, 9.17) is 10.5 Å². The molecule has 0 saturated carbocycles. The molecule has 1 fully saturated rings. The lowest BCUT2D eigenvalue weighted by Gasteiger charge is -2.28. The maximum atomic E-state index is 12.6. The Hall–Kier alpha value is -3.77. The summed E-state index contributed by atoms with van der Waals surface area (Å²) in [6.45, 7) is 3.35. The highest BCUT2D eigenvalue weighted by molar-refractivity contribution is 6.31. The molecule has 2 aliphatic heterocycles. The molecule has 2 aliphatic rings. The number of nitrogens with zero attached hydrogens (tertiary/aromatic N) is 1. The number of carbonyl (C=O) groups excluding carboxylic acids is 1. The molecule has 0 radical (unpaired) electrons. The topological polar surface area (TPSA) is 79.6 Å². The quantitative estimate of drug-likeness (QED) is 0.423. The number of nitrogen functional groups attached to an aromatic ring is 1. The Kier molecular flexibility index (Phi) is 5.52. The van der Waals surface area contributed by atoms with Crippen LogP contribution in [0.5, 0.6) is 0 Å². The third-order valence-electron chi connectivity index (χ3n) is 5.88. The van der Waals surface area contributed by atoms with Crippen LogP contribution in [0.15, 0.2) is 72.9 Å². The zero-order chi connectivity index (χ0) is 21.9. The smallest absolute Gasteiger partial charge is 0.257 e. The van der Waals surface area contributed by atoms with E-state index in [1.807, 2.05) is 42.5 Å². The number of hydrogen-bond donors (Lipinski definition) is 3. The Labute approximate surface area is 187 Å². The molecule has 0 atom stereocenters. The van der Waals surface area contributed by atoms with Crippen LogP contribution in [-0.2, 0) is 16.0 Å². The molecule has 0 aliphatic carbocycles. The summed E-state index contributed by atoms with van der Waals surface area (Å²) < 4.78 is 5.42. The second kappa shape index (κ2) is 8.77. The third-order valence-corrected chi connectivity index (χ3v) is 5.88. The van der Waals surface area contributed by atoms with E-state index < -0.39 is 0 Å². The first-order valence-corrected chi connectivity index (χ1v) is 10.8. The van der Waals surface area contributed by atoms with Crippen molar-refractivity contribution in [1.82, 2.24) is 0 Å². The van der Waals surface area contributed by atoms with Gasteiger partial charge in [-0.25, -0.2) is 0 Å². The summed E-state index contributed by atoms with van der Waals surface area (Å²) in [7, 11) is 0. The highest BCUT2D eigenvalue weighted by Gasteiger charge is 2.24. The van der Waals surface area contributed by atoms with E-state index in [1.54, 1.807) is 6.20 Å². The number of rotatable bonds is 5. The van der Waals surface area contributed by atoms with Crippen molar-refractivity contribution in [2.75, 3.05) is 47.6 Å². The van der Waals surface area contributed by atoms with Crippen LogP contribution in [0.2, 0.25) is 0 Å². The largest absolute Gasteiger partial charge is 0.399 e. The van der Waals surface area contributed by atoms with Gasteiger partial charge in [-0.3, -0.25) is 4.79 Å². The van der Waals surface area contributed by atoms with Gasteiger partial charge in [-0.15, -0.1) is 0 Å². The predicted molar refractivity (Wildman–Crippen MR) is 130 cm³/mol. The first-order valence-electron chi connectivity index (χ1n) is 10.8. The highest BCUT2D eigenvalue weighted by Crippen LogP contribution is 2.33. The third kappa shape index (κ3) is 4.31. The SMILES string of the molecule is Nc1ccc(Cc2ccc3c(c2)C(=CNc2ccc(N4CCOCC4)cc2)C(=O)N3)cc1. The van der Waals surface area contributed by atoms with Gasteiger partial charge in [0.05, 0.1) is 18.8 Å². The van der Waals surface area contributed by atoms with Gasteiger partial charge < -0.3 is 26.0 Å². The molecule has 5 rings (SSSR count). The molecule has 0 spiro atoms. The first-order chi connectivity index (χ1) is 15.7. The van der Waals surface area contributed by atoms with Crippen molar-refractivity contribution in [2.24, 2.45) is 0 Å². The maximum Gasteiger partial charge on any atom is 0.257 e. The molecule has 3 aromatic carbocycles. The average molecular weight is 427 g/mol. The fourth-order valence-corrected chi connectivity index (χ4v) is 4.11. The van der Waals surface area contributed by atoms with E-state index in [-0.39, 0.29) is 5.91 Å². The molecule has 3 aromatic rings. The van der Waals surface area contributed by atoms with Gasteiger partial charge in [0.1, 0.15) is 0 Å². The number of fused-ring (bicyclic) bond motifs is 1. The lowest BCUT2D eigenvalue weighted by Crippen LogP contribution is -2.36. The van der Waals surface area contributed by atoms with Gasteiger partial charge in [-0.1, -0.05) is 18.2 Å². The summed E-state index contributed by atoms with van der Waals surface area (Å²) in [5.41, 5.74) is 13.4. The molecule has 6 nitrogen and oxygen atoms in total. The van der Waals surface area contributed by atoms with Crippen LogP contribution < -0.4 is 21.3 Å². The summed E-state index contributed by atoms with van der Waals surface area (Å²) in [5.74, 6) is -0.0953. The zero-order valence-electron chi connectivity index (χ0n) is 17.8. The normalized spacial score (nSPS) is 16.7. The van der Waals surface area contributed by atoms with Crippen molar-refractivity contribution < 1.29 is 9.53 Å². The fraction of sp³-hybridized carbons (Fsp3) is 0.192. The van der Waals surface area contributed by atoms with Crippen molar-refractivity contribution in [1.29, 1.82) is 0 Å². The van der Waals surface area contributed by atoms with E-state index in [0.717, 1.165) is 60.9 Å². The summed E-state index contributed by atoms with van der Waals surface area (Å²) in [6, 6.07) is 22.3. The van der Waals surface area contributed by atoms with Crippen molar-refractivity contribution in [3.63, 3.8) is 0 Å². The van der Waals surface area contributed by atoms with Gasteiger partial charge in [0.2, 0.25) is 0 Å². The number of morpholine rings is 1. The molecule has 0 aromatic heterocycles. The maximum absolute atomic E-state index is 12.6. The molecule has 1 saturated heterocycles. The van der Waals surface area contributed by atoms with Gasteiger partial charge in [0.25, 0.3) is 5.91 Å². The molecule has 162 valence electrons. The Bertz CT molecular complexity index is 1150. The summed E-state index contributed by atoms with van der Waals surface area (Å²) in [6.07, 6.45) is 2.57. The lowest BCUT2D eigenvalue weighted by molar-refractivity contribution is -0.110. The van der Waals surface area contributed by atoms with E-state index in [0.29, 0.717) is 5.57 Å². The van der Waals surface area contributed by atoms with Crippen LogP contribution in [0.3, 0.4) is 0 Å². The fourth-order valence-electron chi connectivity index (χ4n) is 4.11. The zero-order valence-corrected chi connectivity index (χ0v) is 17.8. The minimum absolute atomic E-state index is 0.0953. The van der Waals surface area contributed by atoms with Gasteiger partial charge in [0.15, 0.2) is 0 Å². The van der Waals surface area contributed by atoms with E-state index >= 15 is 0 Å². The minimum atomic E-state index is -0.0953. The number of benzene rings is 3. The highest BCUT2D eigenvalue weighted by atomic mass is 16.5. The molecule has 4 N–H and O–H groups in total. The molecule has 1 amide bonds. The van der Waals surface area contributed by atoms with E-state index in [1.165, 1.54) is 11.3 Å². The standard InChI is InChI=1S/C26H26N4O2/c27-20-4-1-18(2-5-20)15-19-3-10-25-23(16-19)24(26(31)29-25)17-28-21-6-8-22(9-7-21)30-11-13-32-14-12-30/h1-10,16-17,28H,11-15,27H2,(H,29,31). The van der Waals surface area contributed by atoms with Gasteiger partial charge in [-0.05, 0) is 66.1 Å². The summed E-state index contributed by atoms with van der Waals surface area (Å²) >= 11 is 0. The number of hydrogen-bond acceptors (Lipinski definition) is 5. The Morgan fingerprint density at radius 2 is 1.69 bits per heavy atom. The molecular formula is C26H26N4O2. The second-order valence-corrected chi connectivity index (χ2v) is 8.10. The summed E-state index contributed by atoms with van der Waals surface area (Å²) in [4.78, 5) is 14.9. The second-order valence-electron chi connectivity index (χ2n) is 8.10. The van der Waals surface area contributed by atoms with Gasteiger partial charge >= 0.3 is 0 Å². The Morgan fingerprint density at radius 1 is 0.969 bits per heavy atom. The van der Waals surface area contributed by atoms with Crippen molar-refractivity contribution in [3.05, 3.63) is 89.6 Å². The molecular weight excluding hydrogens is 400 g/mol. The van der Waals surface area contributed by atoms with Crippen molar-refractivity contribution in [3.8, 4) is 0 Å². The van der Waals surface area contributed by atoms with Crippen LogP contribution in [0, 0.1) is 0 Å². The lowest BCUT2D eigenvalue weighted by atomic mass is 9.99. The average Bonchev–Trinajstić information content (AvgIpc) is 3.14. The van der Waals surface area contributed by atoms with Crippen molar-refractivity contribution in [2.45, 2.75) is 6.42 Å². The van der Waals surface area contributed by atoms with Gasteiger partial charge in [0, 0.05) is 47.6 Å². The molecule has 0 unspecified atom stereocenters. The van der Waals surface area contributed by atoms with Crippen LogP contribution in [0.1, 0.15) is 16.7 Å². The summed E-state index contributed by atoms with van der Waals surface area (Å²) in [5, 5.41) is 6.24. The number of ether oxygens (including phenoxy) is 1. The van der Waals surface area contributed by atoms with Crippen LogP contribution in [0.25, 0.3) is 5.57 Å². The van der Waals surface area contributed by atoms with Crippen molar-refractivity contribution >= 4 is 34.2 Å². The monoisotopic (exact) mass is 426 g/mol. The number of anilines is 4. The molecule has 32 heavy (non-hydrogen) atoms. The molecule has 0 bridgehead atoms. The Morgan fingerprint density at radius 3 is 2.44 bits per heavy atom.